The maximum atomic E-state index is 10.7. The molecular formula is C7H18O2Si2. The third-order valence-electron chi connectivity index (χ3n) is 1.08. The Hall–Kier alpha value is -0.356. The van der Waals surface area contributed by atoms with Crippen LogP contribution >= 0.6 is 0 Å². The SMILES string of the molecule is C=C(C)C(=O)OCCC[SiH3].[SiH4]. The van der Waals surface area contributed by atoms with Crippen LogP contribution in [0.2, 0.25) is 6.04 Å². The predicted octanol–water partition coefficient (Wildman–Crippen LogP) is -1.17. The number of rotatable bonds is 4. The number of ether oxygens (including phenoxy) is 1. The van der Waals surface area contributed by atoms with E-state index in [9.17, 15) is 4.79 Å². The van der Waals surface area contributed by atoms with E-state index in [1.807, 2.05) is 0 Å². The van der Waals surface area contributed by atoms with Crippen LogP contribution in [0.15, 0.2) is 12.2 Å². The Morgan fingerprint density at radius 3 is 2.55 bits per heavy atom. The van der Waals surface area contributed by atoms with Crippen molar-refractivity contribution in [3.63, 3.8) is 0 Å². The van der Waals surface area contributed by atoms with Crippen molar-refractivity contribution in [2.75, 3.05) is 6.61 Å². The van der Waals surface area contributed by atoms with Gasteiger partial charge in [-0.2, -0.15) is 0 Å². The van der Waals surface area contributed by atoms with Gasteiger partial charge in [-0.15, -0.1) is 0 Å². The van der Waals surface area contributed by atoms with Crippen LogP contribution in [0, 0.1) is 0 Å². The summed E-state index contributed by atoms with van der Waals surface area (Å²) in [5, 5.41) is 0. The van der Waals surface area contributed by atoms with Crippen LogP contribution in [-0.4, -0.2) is 33.8 Å². The summed E-state index contributed by atoms with van der Waals surface area (Å²) in [5.41, 5.74) is 0.480. The van der Waals surface area contributed by atoms with E-state index in [2.05, 4.69) is 6.58 Å². The summed E-state index contributed by atoms with van der Waals surface area (Å²) < 4.78 is 4.83. The summed E-state index contributed by atoms with van der Waals surface area (Å²) in [7, 11) is 1.18. The van der Waals surface area contributed by atoms with Gasteiger partial charge >= 0.3 is 5.97 Å². The molecule has 4 heteroatoms. The third-order valence-corrected chi connectivity index (χ3v) is 1.79. The van der Waals surface area contributed by atoms with Crippen LogP contribution in [0.4, 0.5) is 0 Å². The van der Waals surface area contributed by atoms with E-state index in [1.54, 1.807) is 6.92 Å². The van der Waals surface area contributed by atoms with Gasteiger partial charge in [-0.1, -0.05) is 12.6 Å². The molecule has 0 aromatic heterocycles. The van der Waals surface area contributed by atoms with E-state index in [0.29, 0.717) is 12.2 Å². The molecule has 0 aliphatic heterocycles. The number of esters is 1. The predicted molar refractivity (Wildman–Crippen MR) is 56.5 cm³/mol. The van der Waals surface area contributed by atoms with Gasteiger partial charge in [-0.25, -0.2) is 4.79 Å². The molecule has 0 amide bonds. The lowest BCUT2D eigenvalue weighted by Crippen LogP contribution is -2.05. The van der Waals surface area contributed by atoms with Crippen LogP contribution in [-0.2, 0) is 9.53 Å². The van der Waals surface area contributed by atoms with Gasteiger partial charge in [-0.05, 0) is 24.3 Å². The zero-order chi connectivity index (χ0) is 7.98. The molecule has 66 valence electrons. The van der Waals surface area contributed by atoms with Crippen LogP contribution in [0.3, 0.4) is 0 Å². The molecule has 0 saturated heterocycles. The second-order valence-corrected chi connectivity index (χ2v) is 3.27. The van der Waals surface area contributed by atoms with Crippen LogP contribution in [0.25, 0.3) is 0 Å². The standard InChI is InChI=1S/C7H14O2Si.H4Si/c1-6(2)7(8)9-4-3-5-10;/h1,3-5H2,2,10H3;1H4. The minimum absolute atomic E-state index is 0. The molecule has 0 saturated carbocycles. The molecule has 0 atom stereocenters. The van der Waals surface area contributed by atoms with E-state index in [4.69, 9.17) is 4.74 Å². The fourth-order valence-electron chi connectivity index (χ4n) is 0.432. The highest BCUT2D eigenvalue weighted by molar-refractivity contribution is 6.08. The van der Waals surface area contributed by atoms with Gasteiger partial charge in [0.15, 0.2) is 0 Å². The Morgan fingerprint density at radius 2 is 2.18 bits per heavy atom. The van der Waals surface area contributed by atoms with Crippen molar-refractivity contribution in [2.45, 2.75) is 19.4 Å². The highest BCUT2D eigenvalue weighted by Gasteiger charge is 2.00. The molecule has 0 heterocycles. The summed E-state index contributed by atoms with van der Waals surface area (Å²) in [6.07, 6.45) is 0.991. The molecule has 0 N–H and O–H groups in total. The summed E-state index contributed by atoms with van der Waals surface area (Å²) in [4.78, 5) is 10.7. The van der Waals surface area contributed by atoms with Crippen LogP contribution in [0.5, 0.6) is 0 Å². The van der Waals surface area contributed by atoms with E-state index >= 15 is 0 Å². The number of carbonyl (C=O) groups is 1. The quantitative estimate of drug-likeness (QED) is 0.242. The van der Waals surface area contributed by atoms with Gasteiger partial charge < -0.3 is 4.74 Å². The zero-order valence-electron chi connectivity index (χ0n) is 6.64. The Balaban J connectivity index is 0. The molecule has 0 aromatic rings. The van der Waals surface area contributed by atoms with Gasteiger partial charge in [0, 0.05) is 15.8 Å². The molecule has 0 fully saturated rings. The maximum Gasteiger partial charge on any atom is 0.333 e. The first kappa shape index (κ1) is 13.2. The first-order chi connectivity index (χ1) is 4.68. The summed E-state index contributed by atoms with van der Waals surface area (Å²) in [5.74, 6) is -0.268. The highest BCUT2D eigenvalue weighted by Crippen LogP contribution is 1.93. The Labute approximate surface area is 75.5 Å². The fourth-order valence-corrected chi connectivity index (χ4v) is 0.721. The monoisotopic (exact) mass is 190 g/mol. The molecule has 0 bridgehead atoms. The smallest absolute Gasteiger partial charge is 0.333 e. The zero-order valence-corrected chi connectivity index (χ0v) is 8.64. The lowest BCUT2D eigenvalue weighted by Gasteiger charge is -2.01. The van der Waals surface area contributed by atoms with E-state index in [1.165, 1.54) is 16.3 Å². The lowest BCUT2D eigenvalue weighted by molar-refractivity contribution is -0.138. The summed E-state index contributed by atoms with van der Waals surface area (Å²) >= 11 is 0. The largest absolute Gasteiger partial charge is 0.462 e. The van der Waals surface area contributed by atoms with E-state index in [0.717, 1.165) is 6.42 Å². The van der Waals surface area contributed by atoms with Crippen molar-refractivity contribution in [1.82, 2.24) is 0 Å². The molecule has 11 heavy (non-hydrogen) atoms. The average molecular weight is 190 g/mol. The van der Waals surface area contributed by atoms with E-state index < -0.39 is 0 Å². The number of carbonyl (C=O) groups excluding carboxylic acids is 1. The number of hydrogen-bond donors (Lipinski definition) is 0. The molecule has 2 nitrogen and oxygen atoms in total. The molecular weight excluding hydrogens is 172 g/mol. The van der Waals surface area contributed by atoms with Crippen LogP contribution < -0.4 is 0 Å². The van der Waals surface area contributed by atoms with Crippen molar-refractivity contribution in [3.05, 3.63) is 12.2 Å². The second kappa shape index (κ2) is 7.75. The molecule has 0 aromatic carbocycles. The maximum absolute atomic E-state index is 10.7. The van der Waals surface area contributed by atoms with Gasteiger partial charge in [0.25, 0.3) is 0 Å². The van der Waals surface area contributed by atoms with Crippen molar-refractivity contribution in [3.8, 4) is 0 Å². The Bertz CT molecular complexity index is 134. The minimum atomic E-state index is -0.268. The Morgan fingerprint density at radius 1 is 1.64 bits per heavy atom. The van der Waals surface area contributed by atoms with Crippen molar-refractivity contribution < 1.29 is 9.53 Å². The highest BCUT2D eigenvalue weighted by atomic mass is 28.1. The number of hydrogen-bond acceptors (Lipinski definition) is 2. The molecule has 0 radical (unpaired) electrons. The van der Waals surface area contributed by atoms with Crippen molar-refractivity contribution >= 4 is 27.2 Å². The van der Waals surface area contributed by atoms with Gasteiger partial charge in [0.2, 0.25) is 0 Å². The minimum Gasteiger partial charge on any atom is -0.462 e. The third kappa shape index (κ3) is 7.54. The lowest BCUT2D eigenvalue weighted by atomic mass is 10.4. The normalized spacial score (nSPS) is 8.45. The fraction of sp³-hybridized carbons (Fsp3) is 0.571. The van der Waals surface area contributed by atoms with Crippen molar-refractivity contribution in [1.29, 1.82) is 0 Å². The molecule has 0 aliphatic carbocycles. The van der Waals surface area contributed by atoms with Crippen molar-refractivity contribution in [2.24, 2.45) is 0 Å². The average Bonchev–Trinajstić information content (AvgIpc) is 1.88. The summed E-state index contributed by atoms with van der Waals surface area (Å²) in [6.45, 7) is 5.67. The first-order valence-corrected chi connectivity index (χ1v) is 4.92. The topological polar surface area (TPSA) is 26.3 Å². The van der Waals surface area contributed by atoms with E-state index in [-0.39, 0.29) is 16.9 Å². The second-order valence-electron chi connectivity index (χ2n) is 2.27. The molecule has 0 aliphatic rings. The first-order valence-electron chi connectivity index (χ1n) is 3.51. The molecule has 0 spiro atoms. The van der Waals surface area contributed by atoms with Gasteiger partial charge in [-0.3, -0.25) is 0 Å². The Kier molecular flexibility index (Phi) is 9.33. The molecule has 0 rings (SSSR count). The summed E-state index contributed by atoms with van der Waals surface area (Å²) in [6, 6.07) is 1.18. The van der Waals surface area contributed by atoms with Gasteiger partial charge in [0.1, 0.15) is 0 Å². The molecule has 0 unspecified atom stereocenters. The van der Waals surface area contributed by atoms with Crippen LogP contribution in [0.1, 0.15) is 13.3 Å². The van der Waals surface area contributed by atoms with Gasteiger partial charge in [0.05, 0.1) is 6.61 Å².